The maximum Gasteiger partial charge on any atom is 0.267 e. The van der Waals surface area contributed by atoms with Gasteiger partial charge in [0.1, 0.15) is 0 Å². The molecule has 138 valence electrons. The number of likely N-dealkylation sites (tertiary alicyclic amines) is 1. The van der Waals surface area contributed by atoms with E-state index >= 15 is 0 Å². The largest absolute Gasteiger partial charge is 0.297 e. The minimum absolute atomic E-state index is 0.0745. The fraction of sp³-hybridized carbons (Fsp3) is 0.650. The van der Waals surface area contributed by atoms with Gasteiger partial charge in [0.05, 0.1) is 17.9 Å². The number of hydrogen-bond acceptors (Lipinski definition) is 4. The molecule has 26 heavy (non-hydrogen) atoms. The zero-order chi connectivity index (χ0) is 17.5. The third-order valence-corrected chi connectivity index (χ3v) is 6.25. The molecule has 0 atom stereocenters. The number of aromatic nitrogens is 4. The van der Waals surface area contributed by atoms with E-state index in [4.69, 9.17) is 0 Å². The van der Waals surface area contributed by atoms with Crippen molar-refractivity contribution >= 4 is 0 Å². The summed E-state index contributed by atoms with van der Waals surface area (Å²) in [5.41, 5.74) is 6.46. The maximum absolute atomic E-state index is 12.3. The summed E-state index contributed by atoms with van der Waals surface area (Å²) in [5.74, 6) is 0.525. The van der Waals surface area contributed by atoms with Crippen LogP contribution in [0, 0.1) is 5.92 Å². The Morgan fingerprint density at radius 1 is 1.08 bits per heavy atom. The molecule has 6 heteroatoms. The van der Waals surface area contributed by atoms with E-state index in [1.807, 2.05) is 6.07 Å². The summed E-state index contributed by atoms with van der Waals surface area (Å²) in [7, 11) is 0. The van der Waals surface area contributed by atoms with Crippen LogP contribution >= 0.6 is 0 Å². The van der Waals surface area contributed by atoms with Crippen LogP contribution in [-0.2, 0) is 38.8 Å². The molecule has 0 spiro atoms. The molecule has 3 heterocycles. The van der Waals surface area contributed by atoms with Gasteiger partial charge in [-0.15, -0.1) is 0 Å². The van der Waals surface area contributed by atoms with Crippen LogP contribution in [0.3, 0.4) is 0 Å². The van der Waals surface area contributed by atoms with E-state index in [0.29, 0.717) is 5.92 Å². The van der Waals surface area contributed by atoms with E-state index in [2.05, 4.69) is 20.2 Å². The predicted molar refractivity (Wildman–Crippen MR) is 99.1 cm³/mol. The molecule has 0 radical (unpaired) electrons. The molecular weight excluding hydrogens is 326 g/mol. The third-order valence-electron chi connectivity index (χ3n) is 6.25. The monoisotopic (exact) mass is 353 g/mol. The topological polar surface area (TPSA) is 66.8 Å². The number of fused-ring (bicyclic) bond motifs is 2. The highest BCUT2D eigenvalue weighted by atomic mass is 16.1. The smallest absolute Gasteiger partial charge is 0.267 e. The molecule has 3 aliphatic rings. The fourth-order valence-corrected chi connectivity index (χ4v) is 4.79. The lowest BCUT2D eigenvalue weighted by molar-refractivity contribution is 0.0749. The number of hydrogen-bond donors (Lipinski definition) is 1. The molecule has 0 saturated carbocycles. The maximum atomic E-state index is 12.3. The van der Waals surface area contributed by atoms with Crippen LogP contribution in [-0.4, -0.2) is 38.0 Å². The van der Waals surface area contributed by atoms with Crippen LogP contribution in [0.15, 0.2) is 10.9 Å². The van der Waals surface area contributed by atoms with E-state index in [0.717, 1.165) is 51.1 Å². The molecule has 2 aromatic rings. The van der Waals surface area contributed by atoms with Crippen molar-refractivity contribution in [3.8, 4) is 0 Å². The van der Waals surface area contributed by atoms with Crippen LogP contribution in [0.2, 0.25) is 0 Å². The van der Waals surface area contributed by atoms with E-state index in [-0.39, 0.29) is 5.56 Å². The summed E-state index contributed by atoms with van der Waals surface area (Å²) in [4.78, 5) is 14.8. The normalized spacial score (nSPS) is 20.5. The van der Waals surface area contributed by atoms with Crippen LogP contribution in [0.5, 0.6) is 0 Å². The molecule has 6 nitrogen and oxygen atoms in total. The summed E-state index contributed by atoms with van der Waals surface area (Å²) in [5, 5.41) is 12.5. The Labute approximate surface area is 153 Å². The van der Waals surface area contributed by atoms with E-state index < -0.39 is 0 Å². The second kappa shape index (κ2) is 6.65. The Morgan fingerprint density at radius 3 is 2.81 bits per heavy atom. The van der Waals surface area contributed by atoms with Crippen molar-refractivity contribution in [2.45, 2.75) is 64.5 Å². The summed E-state index contributed by atoms with van der Waals surface area (Å²) in [6.45, 7) is 3.76. The van der Waals surface area contributed by atoms with Gasteiger partial charge in [0, 0.05) is 37.3 Å². The zero-order valence-corrected chi connectivity index (χ0v) is 15.3. The summed E-state index contributed by atoms with van der Waals surface area (Å²) in [6.07, 6.45) is 9.32. The molecule has 5 rings (SSSR count). The van der Waals surface area contributed by atoms with Gasteiger partial charge in [-0.1, -0.05) is 0 Å². The van der Waals surface area contributed by atoms with Gasteiger partial charge in [-0.2, -0.15) is 10.2 Å². The van der Waals surface area contributed by atoms with Crippen LogP contribution in [0.4, 0.5) is 0 Å². The molecule has 1 saturated heterocycles. The van der Waals surface area contributed by atoms with E-state index in [9.17, 15) is 4.79 Å². The second-order valence-electron chi connectivity index (χ2n) is 8.24. The minimum atomic E-state index is 0.0745. The number of nitrogens with zero attached hydrogens (tertiary/aromatic N) is 4. The lowest BCUT2D eigenvalue weighted by Gasteiger charge is -2.39. The van der Waals surface area contributed by atoms with Crippen molar-refractivity contribution in [1.82, 2.24) is 24.9 Å². The highest BCUT2D eigenvalue weighted by Crippen LogP contribution is 2.26. The minimum Gasteiger partial charge on any atom is -0.297 e. The average Bonchev–Trinajstić information content (AvgIpc) is 3.03. The lowest BCUT2D eigenvalue weighted by Crippen LogP contribution is -2.49. The van der Waals surface area contributed by atoms with Gasteiger partial charge in [0.2, 0.25) is 0 Å². The summed E-state index contributed by atoms with van der Waals surface area (Å²) in [6, 6.07) is 1.83. The SMILES string of the molecule is O=c1cc2c(nn1CC1CN(Cc3n[nH]c4c3CCCC4)C1)CCCC2. The van der Waals surface area contributed by atoms with Crippen LogP contribution < -0.4 is 5.56 Å². The lowest BCUT2D eigenvalue weighted by atomic mass is 9.94. The molecule has 1 aliphatic heterocycles. The molecule has 0 amide bonds. The first-order valence-electron chi connectivity index (χ1n) is 10.1. The Hall–Kier alpha value is -1.95. The van der Waals surface area contributed by atoms with Crippen molar-refractivity contribution in [2.24, 2.45) is 5.92 Å². The fourth-order valence-electron chi connectivity index (χ4n) is 4.79. The van der Waals surface area contributed by atoms with Crippen molar-refractivity contribution in [1.29, 1.82) is 0 Å². The van der Waals surface area contributed by atoms with Crippen molar-refractivity contribution in [2.75, 3.05) is 13.1 Å². The second-order valence-corrected chi connectivity index (χ2v) is 8.24. The first kappa shape index (κ1) is 16.2. The third kappa shape index (κ3) is 3.00. The first-order chi connectivity index (χ1) is 12.8. The Kier molecular flexibility index (Phi) is 4.15. The first-order valence-corrected chi connectivity index (χ1v) is 10.1. The zero-order valence-electron chi connectivity index (χ0n) is 15.3. The molecular formula is C20H27N5O. The molecule has 0 unspecified atom stereocenters. The van der Waals surface area contributed by atoms with Crippen LogP contribution in [0.1, 0.15) is 53.9 Å². The van der Waals surface area contributed by atoms with Gasteiger partial charge in [0.15, 0.2) is 0 Å². The quantitative estimate of drug-likeness (QED) is 0.911. The van der Waals surface area contributed by atoms with Crippen molar-refractivity contribution < 1.29 is 0 Å². The highest BCUT2D eigenvalue weighted by Gasteiger charge is 2.29. The number of H-pyrrole nitrogens is 1. The Bertz CT molecular complexity index is 862. The standard InChI is InChI=1S/C20H27N5O/c26-20-9-15-5-1-3-7-17(15)23-25(20)12-14-10-24(11-14)13-19-16-6-2-4-8-18(16)21-22-19/h9,14H,1-8,10-13H2,(H,21,22). The molecule has 2 aromatic heterocycles. The Balaban J connectivity index is 1.20. The van der Waals surface area contributed by atoms with Gasteiger partial charge in [-0.05, 0) is 62.5 Å². The molecule has 0 aromatic carbocycles. The molecule has 0 bridgehead atoms. The number of nitrogens with one attached hydrogen (secondary N) is 1. The highest BCUT2D eigenvalue weighted by molar-refractivity contribution is 5.27. The molecule has 2 aliphatic carbocycles. The summed E-state index contributed by atoms with van der Waals surface area (Å²) >= 11 is 0. The molecule has 1 N–H and O–H groups in total. The number of rotatable bonds is 4. The van der Waals surface area contributed by atoms with Crippen molar-refractivity contribution in [3.05, 3.63) is 44.6 Å². The van der Waals surface area contributed by atoms with Crippen molar-refractivity contribution in [3.63, 3.8) is 0 Å². The van der Waals surface area contributed by atoms with Gasteiger partial charge in [0.25, 0.3) is 5.56 Å². The van der Waals surface area contributed by atoms with Gasteiger partial charge in [-0.3, -0.25) is 14.8 Å². The summed E-state index contributed by atoms with van der Waals surface area (Å²) < 4.78 is 1.71. The molecule has 1 fully saturated rings. The van der Waals surface area contributed by atoms with Gasteiger partial charge >= 0.3 is 0 Å². The van der Waals surface area contributed by atoms with E-state index in [1.165, 1.54) is 54.6 Å². The number of aromatic amines is 1. The Morgan fingerprint density at radius 2 is 1.88 bits per heavy atom. The van der Waals surface area contributed by atoms with Gasteiger partial charge < -0.3 is 0 Å². The van der Waals surface area contributed by atoms with Gasteiger partial charge in [-0.25, -0.2) is 4.68 Å². The average molecular weight is 353 g/mol. The number of aryl methyl sites for hydroxylation is 3. The van der Waals surface area contributed by atoms with Crippen LogP contribution in [0.25, 0.3) is 0 Å². The predicted octanol–water partition coefficient (Wildman–Crippen LogP) is 1.86. The van der Waals surface area contributed by atoms with E-state index in [1.54, 1.807) is 4.68 Å².